The Balaban J connectivity index is 4.80. The van der Waals surface area contributed by atoms with Crippen LogP contribution >= 0.6 is 0 Å². The maximum Gasteiger partial charge on any atom is 0.0480 e. The molecule has 0 aliphatic heterocycles. The molecular weight excluding hydrogens is 146 g/mol. The zero-order valence-electron chi connectivity index (χ0n) is 8.81. The van der Waals surface area contributed by atoms with Gasteiger partial charge in [0.25, 0.3) is 0 Å². The molecule has 0 saturated carbocycles. The van der Waals surface area contributed by atoms with E-state index in [9.17, 15) is 0 Å². The number of allylic oxidation sites excluding steroid dienone is 2. The number of nitrogens with zero attached hydrogens (tertiary/aromatic N) is 1. The lowest BCUT2D eigenvalue weighted by Crippen LogP contribution is -2.20. The summed E-state index contributed by atoms with van der Waals surface area (Å²) in [5.74, 6) is 0. The Morgan fingerprint density at radius 1 is 1.33 bits per heavy atom. The first kappa shape index (κ1) is 11.2. The second-order valence-corrected chi connectivity index (χ2v) is 3.99. The van der Waals surface area contributed by atoms with Gasteiger partial charge in [-0.05, 0) is 19.4 Å². The highest BCUT2D eigenvalue weighted by Gasteiger charge is 2.18. The summed E-state index contributed by atoms with van der Waals surface area (Å²) in [6.45, 7) is 14.3. The third kappa shape index (κ3) is 3.51. The van der Waals surface area contributed by atoms with Gasteiger partial charge in [0.1, 0.15) is 0 Å². The van der Waals surface area contributed by atoms with Gasteiger partial charge in [0.2, 0.25) is 0 Å². The molecule has 0 aromatic carbocycles. The molecule has 0 fully saturated rings. The van der Waals surface area contributed by atoms with Crippen molar-refractivity contribution in [1.82, 2.24) is 0 Å². The summed E-state index contributed by atoms with van der Waals surface area (Å²) in [6.07, 6.45) is 3.74. The van der Waals surface area contributed by atoms with Crippen LogP contribution in [0.4, 0.5) is 0 Å². The Kier molecular flexibility index (Phi) is 3.94. The summed E-state index contributed by atoms with van der Waals surface area (Å²) in [4.78, 5) is 4.35. The molecule has 0 N–H and O–H groups in total. The minimum absolute atomic E-state index is 0.0886. The van der Waals surface area contributed by atoms with Crippen LogP contribution in [-0.2, 0) is 0 Å². The normalized spacial score (nSPS) is 13.9. The fraction of sp³-hybridized carbons (Fsp3) is 0.545. The third-order valence-electron chi connectivity index (χ3n) is 1.47. The Hall–Kier alpha value is -0.850. The van der Waals surface area contributed by atoms with Crippen LogP contribution in [0.15, 0.2) is 29.4 Å². The van der Waals surface area contributed by atoms with Gasteiger partial charge in [0.15, 0.2) is 0 Å². The van der Waals surface area contributed by atoms with Gasteiger partial charge in [-0.3, -0.25) is 4.99 Å². The molecule has 0 saturated heterocycles. The summed E-state index contributed by atoms with van der Waals surface area (Å²) in [7, 11) is 0. The average Bonchev–Trinajstić information content (AvgIpc) is 1.84. The lowest BCUT2D eigenvalue weighted by atomic mass is 9.86. The summed E-state index contributed by atoms with van der Waals surface area (Å²) >= 11 is 0. The topological polar surface area (TPSA) is 12.4 Å². The Morgan fingerprint density at radius 3 is 2.08 bits per heavy atom. The maximum atomic E-state index is 4.35. The molecular formula is C11H19N. The molecule has 0 spiro atoms. The lowest BCUT2D eigenvalue weighted by Gasteiger charge is -2.20. The summed E-state index contributed by atoms with van der Waals surface area (Å²) in [6, 6.07) is 0. The molecule has 0 rings (SSSR count). The highest BCUT2D eigenvalue weighted by atomic mass is 14.7. The monoisotopic (exact) mass is 165 g/mol. The van der Waals surface area contributed by atoms with E-state index in [-0.39, 0.29) is 5.41 Å². The predicted octanol–water partition coefficient (Wildman–Crippen LogP) is 3.58. The molecule has 68 valence electrons. The highest BCUT2D eigenvalue weighted by Crippen LogP contribution is 2.20. The molecule has 0 aromatic rings. The number of hydrogen-bond acceptors (Lipinski definition) is 1. The van der Waals surface area contributed by atoms with E-state index in [1.165, 1.54) is 0 Å². The fourth-order valence-corrected chi connectivity index (χ4v) is 1.09. The van der Waals surface area contributed by atoms with E-state index in [2.05, 4.69) is 32.3 Å². The van der Waals surface area contributed by atoms with Crippen molar-refractivity contribution in [2.24, 2.45) is 10.4 Å². The summed E-state index contributed by atoms with van der Waals surface area (Å²) in [5.41, 5.74) is 2.20. The molecule has 0 aliphatic carbocycles. The molecule has 0 atom stereocenters. The van der Waals surface area contributed by atoms with Crippen molar-refractivity contribution in [2.45, 2.75) is 34.6 Å². The second-order valence-electron chi connectivity index (χ2n) is 3.99. The van der Waals surface area contributed by atoms with E-state index in [0.717, 1.165) is 11.3 Å². The van der Waals surface area contributed by atoms with Gasteiger partial charge in [-0.15, -0.1) is 0 Å². The van der Waals surface area contributed by atoms with Crippen LogP contribution in [0.2, 0.25) is 0 Å². The quantitative estimate of drug-likeness (QED) is 0.554. The average molecular weight is 165 g/mol. The smallest absolute Gasteiger partial charge is 0.0480 e. The number of rotatable bonds is 2. The molecule has 0 aromatic heterocycles. The molecule has 0 radical (unpaired) electrons. The van der Waals surface area contributed by atoms with E-state index in [1.807, 2.05) is 26.1 Å². The maximum absolute atomic E-state index is 4.35. The van der Waals surface area contributed by atoms with Crippen LogP contribution in [-0.4, -0.2) is 5.71 Å². The van der Waals surface area contributed by atoms with Gasteiger partial charge < -0.3 is 0 Å². The summed E-state index contributed by atoms with van der Waals surface area (Å²) < 4.78 is 0. The van der Waals surface area contributed by atoms with Gasteiger partial charge in [-0.25, -0.2) is 0 Å². The highest BCUT2D eigenvalue weighted by molar-refractivity contribution is 6.03. The molecule has 1 nitrogen and oxygen atoms in total. The van der Waals surface area contributed by atoms with Crippen molar-refractivity contribution in [3.8, 4) is 0 Å². The first-order valence-corrected chi connectivity index (χ1v) is 4.25. The van der Waals surface area contributed by atoms with Crippen molar-refractivity contribution in [3.63, 3.8) is 0 Å². The Labute approximate surface area is 75.9 Å². The first-order chi connectivity index (χ1) is 5.39. The predicted molar refractivity (Wildman–Crippen MR) is 56.5 cm³/mol. The third-order valence-corrected chi connectivity index (χ3v) is 1.47. The van der Waals surface area contributed by atoms with Crippen molar-refractivity contribution < 1.29 is 0 Å². The molecule has 12 heavy (non-hydrogen) atoms. The van der Waals surface area contributed by atoms with Gasteiger partial charge in [0, 0.05) is 17.3 Å². The second kappa shape index (κ2) is 4.24. The zero-order chi connectivity index (χ0) is 9.78. The van der Waals surface area contributed by atoms with Gasteiger partial charge in [-0.1, -0.05) is 33.4 Å². The van der Waals surface area contributed by atoms with Gasteiger partial charge in [-0.2, -0.15) is 0 Å². The van der Waals surface area contributed by atoms with E-state index in [1.54, 1.807) is 0 Å². The molecule has 0 unspecified atom stereocenters. The van der Waals surface area contributed by atoms with E-state index in [4.69, 9.17) is 0 Å². The first-order valence-electron chi connectivity index (χ1n) is 4.25. The van der Waals surface area contributed by atoms with E-state index >= 15 is 0 Å². The van der Waals surface area contributed by atoms with Gasteiger partial charge in [0.05, 0.1) is 0 Å². The zero-order valence-corrected chi connectivity index (χ0v) is 8.81. The largest absolute Gasteiger partial charge is 0.261 e. The van der Waals surface area contributed by atoms with Crippen molar-refractivity contribution >= 4 is 5.71 Å². The van der Waals surface area contributed by atoms with Crippen molar-refractivity contribution in [2.75, 3.05) is 0 Å². The number of aliphatic imine (C=N–C) groups is 1. The molecule has 0 amide bonds. The van der Waals surface area contributed by atoms with Crippen LogP contribution in [0, 0.1) is 5.41 Å². The van der Waals surface area contributed by atoms with Crippen molar-refractivity contribution in [1.29, 1.82) is 0 Å². The standard InChI is InChI=1S/C11H19N/c1-7-8-12-10(9(2)3)11(4,5)6/h7-8H,2H2,1,3-6H3/b8-7-,12-10+. The van der Waals surface area contributed by atoms with Gasteiger partial charge >= 0.3 is 0 Å². The van der Waals surface area contributed by atoms with E-state index < -0.39 is 0 Å². The minimum Gasteiger partial charge on any atom is -0.261 e. The SMILES string of the molecule is C=C(C)/C(=N\C=C/C)C(C)(C)C. The molecule has 0 heterocycles. The van der Waals surface area contributed by atoms with Crippen LogP contribution < -0.4 is 0 Å². The van der Waals surface area contributed by atoms with Crippen LogP contribution in [0.1, 0.15) is 34.6 Å². The summed E-state index contributed by atoms with van der Waals surface area (Å²) in [5, 5.41) is 0. The Morgan fingerprint density at radius 2 is 1.83 bits per heavy atom. The van der Waals surface area contributed by atoms with E-state index in [0.29, 0.717) is 0 Å². The Bertz CT molecular complexity index is 214. The van der Waals surface area contributed by atoms with Crippen molar-refractivity contribution in [3.05, 3.63) is 24.4 Å². The van der Waals surface area contributed by atoms with Crippen LogP contribution in [0.25, 0.3) is 0 Å². The molecule has 1 heteroatoms. The van der Waals surface area contributed by atoms with Crippen LogP contribution in [0.3, 0.4) is 0 Å². The fourth-order valence-electron chi connectivity index (χ4n) is 1.09. The van der Waals surface area contributed by atoms with Crippen LogP contribution in [0.5, 0.6) is 0 Å². The molecule has 0 bridgehead atoms. The minimum atomic E-state index is 0.0886. The molecule has 0 aliphatic rings. The lowest BCUT2D eigenvalue weighted by molar-refractivity contribution is 0.591. The number of hydrogen-bond donors (Lipinski definition) is 0.